The molecular weight excluding hydrogens is 522 g/mol. The van der Waals surface area contributed by atoms with E-state index in [9.17, 15) is 14.4 Å². The van der Waals surface area contributed by atoms with Gasteiger partial charge in [0.2, 0.25) is 5.91 Å². The molecule has 1 unspecified atom stereocenters. The quantitative estimate of drug-likeness (QED) is 0.493. The van der Waals surface area contributed by atoms with Gasteiger partial charge in [-0.2, -0.15) is 5.10 Å². The maximum Gasteiger partial charge on any atom is 0.289 e. The van der Waals surface area contributed by atoms with E-state index in [2.05, 4.69) is 29.2 Å². The summed E-state index contributed by atoms with van der Waals surface area (Å²) in [5, 5.41) is 7.58. The summed E-state index contributed by atoms with van der Waals surface area (Å²) >= 11 is 0. The maximum atomic E-state index is 13.6. The highest BCUT2D eigenvalue weighted by molar-refractivity contribution is 5.94. The fraction of sp³-hybridized carbons (Fsp3) is 0.567. The zero-order valence-corrected chi connectivity index (χ0v) is 24.3. The molecule has 2 aliphatic rings. The third-order valence-corrected chi connectivity index (χ3v) is 8.12. The molecule has 5 rings (SSSR count). The summed E-state index contributed by atoms with van der Waals surface area (Å²) in [5.74, 6) is 1.09. The molecule has 1 N–H and O–H groups in total. The molecule has 11 heteroatoms. The van der Waals surface area contributed by atoms with Gasteiger partial charge in [0.1, 0.15) is 5.76 Å². The fourth-order valence-electron chi connectivity index (χ4n) is 5.86. The highest BCUT2D eigenvalue weighted by Crippen LogP contribution is 2.28. The van der Waals surface area contributed by atoms with Gasteiger partial charge in [0.15, 0.2) is 11.5 Å². The number of rotatable bonds is 6. The molecule has 220 valence electrons. The van der Waals surface area contributed by atoms with Gasteiger partial charge in [0, 0.05) is 69.3 Å². The number of aryl methyl sites for hydroxylation is 1. The number of carbonyl (C=O) groups is 3. The van der Waals surface area contributed by atoms with Gasteiger partial charge in [-0.3, -0.25) is 19.1 Å². The van der Waals surface area contributed by atoms with Gasteiger partial charge in [-0.15, -0.1) is 0 Å². The van der Waals surface area contributed by atoms with Crippen LogP contribution in [0.2, 0.25) is 0 Å². The van der Waals surface area contributed by atoms with Crippen LogP contribution in [0.4, 0.5) is 0 Å². The van der Waals surface area contributed by atoms with Crippen molar-refractivity contribution in [3.63, 3.8) is 0 Å². The number of amides is 3. The molecule has 0 spiro atoms. The Labute approximate surface area is 240 Å². The summed E-state index contributed by atoms with van der Waals surface area (Å²) in [7, 11) is 1.88. The number of hydrogen-bond acceptors (Lipinski definition) is 6. The van der Waals surface area contributed by atoms with Gasteiger partial charge in [-0.25, -0.2) is 4.98 Å². The van der Waals surface area contributed by atoms with Crippen LogP contribution in [-0.2, 0) is 31.2 Å². The third kappa shape index (κ3) is 6.71. The molecule has 0 aromatic carbocycles. The lowest BCUT2D eigenvalue weighted by atomic mass is 9.89. The van der Waals surface area contributed by atoms with E-state index in [4.69, 9.17) is 4.42 Å². The molecule has 1 aliphatic heterocycles. The minimum absolute atomic E-state index is 0.0319. The topological polar surface area (TPSA) is 118 Å². The van der Waals surface area contributed by atoms with Crippen molar-refractivity contribution >= 4 is 17.7 Å². The summed E-state index contributed by atoms with van der Waals surface area (Å²) in [5.41, 5.74) is 2.49. The SMILES string of the molecule is CC(C)CCN1C(=O)CCCN(C(=O)c2ccc(Cn3ccnc3)o2)CCCNC(=O)c2nn(C)c3c2CC1CC3. The van der Waals surface area contributed by atoms with Crippen molar-refractivity contribution < 1.29 is 18.8 Å². The lowest BCUT2D eigenvalue weighted by Crippen LogP contribution is -2.45. The smallest absolute Gasteiger partial charge is 0.289 e. The Morgan fingerprint density at radius 1 is 1.17 bits per heavy atom. The summed E-state index contributed by atoms with van der Waals surface area (Å²) < 4.78 is 9.57. The van der Waals surface area contributed by atoms with Gasteiger partial charge in [-0.05, 0) is 56.6 Å². The molecule has 2 bridgehead atoms. The van der Waals surface area contributed by atoms with Gasteiger partial charge in [0.05, 0.1) is 12.9 Å². The lowest BCUT2D eigenvalue weighted by Gasteiger charge is -2.35. The minimum atomic E-state index is -0.214. The highest BCUT2D eigenvalue weighted by Gasteiger charge is 2.33. The summed E-state index contributed by atoms with van der Waals surface area (Å²) in [6, 6.07) is 3.53. The molecule has 3 aromatic rings. The molecule has 3 amide bonds. The predicted octanol–water partition coefficient (Wildman–Crippen LogP) is 3.05. The van der Waals surface area contributed by atoms with Crippen molar-refractivity contribution in [1.82, 2.24) is 34.4 Å². The van der Waals surface area contributed by atoms with E-state index < -0.39 is 0 Å². The van der Waals surface area contributed by atoms with Crippen LogP contribution in [0.3, 0.4) is 0 Å². The first-order valence-corrected chi connectivity index (χ1v) is 14.8. The number of hydrogen-bond donors (Lipinski definition) is 1. The molecular formula is C30H41N7O4. The molecule has 1 aliphatic carbocycles. The molecule has 1 atom stereocenters. The van der Waals surface area contributed by atoms with Crippen LogP contribution in [0.25, 0.3) is 0 Å². The van der Waals surface area contributed by atoms with Crippen molar-refractivity contribution in [2.45, 2.75) is 71.4 Å². The Morgan fingerprint density at radius 3 is 2.78 bits per heavy atom. The summed E-state index contributed by atoms with van der Waals surface area (Å²) in [6.07, 6.45) is 9.93. The molecule has 0 radical (unpaired) electrons. The number of carbonyl (C=O) groups excluding carboxylic acids is 3. The summed E-state index contributed by atoms with van der Waals surface area (Å²) in [4.78, 5) is 48.1. The monoisotopic (exact) mass is 563 g/mol. The number of nitrogens with zero attached hydrogens (tertiary/aromatic N) is 6. The first-order valence-electron chi connectivity index (χ1n) is 14.8. The van der Waals surface area contributed by atoms with E-state index in [1.54, 1.807) is 29.6 Å². The second-order valence-electron chi connectivity index (χ2n) is 11.6. The fourth-order valence-corrected chi connectivity index (χ4v) is 5.86. The van der Waals surface area contributed by atoms with Crippen molar-refractivity contribution in [1.29, 1.82) is 0 Å². The number of furan rings is 1. The van der Waals surface area contributed by atoms with Gasteiger partial charge >= 0.3 is 0 Å². The second-order valence-corrected chi connectivity index (χ2v) is 11.6. The number of nitrogens with one attached hydrogen (secondary N) is 1. The zero-order valence-electron chi connectivity index (χ0n) is 24.3. The van der Waals surface area contributed by atoms with Crippen LogP contribution < -0.4 is 5.32 Å². The van der Waals surface area contributed by atoms with Crippen molar-refractivity contribution in [3.8, 4) is 0 Å². The molecule has 0 saturated heterocycles. The third-order valence-electron chi connectivity index (χ3n) is 8.12. The molecule has 4 heterocycles. The maximum absolute atomic E-state index is 13.6. The van der Waals surface area contributed by atoms with E-state index in [1.807, 2.05) is 27.4 Å². The summed E-state index contributed by atoms with van der Waals surface area (Å²) in [6.45, 7) is 6.79. The van der Waals surface area contributed by atoms with Gasteiger partial charge in [-0.1, -0.05) is 13.8 Å². The van der Waals surface area contributed by atoms with Crippen LogP contribution in [0.5, 0.6) is 0 Å². The van der Waals surface area contributed by atoms with E-state index in [1.165, 1.54) is 0 Å². The molecule has 0 fully saturated rings. The Morgan fingerprint density at radius 2 is 2.00 bits per heavy atom. The first kappa shape index (κ1) is 28.6. The van der Waals surface area contributed by atoms with Crippen molar-refractivity contribution in [2.24, 2.45) is 13.0 Å². The Balaban J connectivity index is 1.34. The number of fused-ring (bicyclic) bond motifs is 1. The molecule has 0 saturated carbocycles. The zero-order chi connectivity index (χ0) is 28.9. The second kappa shape index (κ2) is 12.7. The van der Waals surface area contributed by atoms with Gasteiger partial charge < -0.3 is 24.1 Å². The normalized spacial score (nSPS) is 18.8. The minimum Gasteiger partial charge on any atom is -0.454 e. The Bertz CT molecular complexity index is 1360. The molecule has 3 aromatic heterocycles. The number of aromatic nitrogens is 4. The Kier molecular flexibility index (Phi) is 8.90. The highest BCUT2D eigenvalue weighted by atomic mass is 16.4. The lowest BCUT2D eigenvalue weighted by molar-refractivity contribution is -0.134. The Hall–Kier alpha value is -3.89. The predicted molar refractivity (Wildman–Crippen MR) is 152 cm³/mol. The van der Waals surface area contributed by atoms with Crippen molar-refractivity contribution in [3.05, 3.63) is 59.3 Å². The van der Waals surface area contributed by atoms with E-state index >= 15 is 0 Å². The standard InChI is InChI=1S/C30H41N7O4/c1-21(2)11-16-37-22-7-9-25-24(18-22)28(33-34(25)3)29(39)32-12-5-15-36(14-4-6-27(37)38)30(40)26-10-8-23(41-26)19-35-17-13-31-20-35/h8,10,13,17,20-22H,4-7,9,11-12,14-16,18-19H2,1-3H3,(H,32,39). The molecule has 41 heavy (non-hydrogen) atoms. The van der Waals surface area contributed by atoms with E-state index in [-0.39, 0.29) is 29.5 Å². The van der Waals surface area contributed by atoms with Crippen LogP contribution in [0, 0.1) is 5.92 Å². The van der Waals surface area contributed by atoms with Crippen LogP contribution in [-0.4, -0.2) is 79.1 Å². The largest absolute Gasteiger partial charge is 0.454 e. The number of imidazole rings is 1. The average Bonchev–Trinajstić information content (AvgIpc) is 3.70. The van der Waals surface area contributed by atoms with Gasteiger partial charge in [0.25, 0.3) is 11.8 Å². The molecule has 11 nitrogen and oxygen atoms in total. The first-order chi connectivity index (χ1) is 19.8. The van der Waals surface area contributed by atoms with Crippen molar-refractivity contribution in [2.75, 3.05) is 26.2 Å². The van der Waals surface area contributed by atoms with E-state index in [0.717, 1.165) is 30.5 Å². The van der Waals surface area contributed by atoms with Crippen LogP contribution >= 0.6 is 0 Å². The van der Waals surface area contributed by atoms with E-state index in [0.29, 0.717) is 75.8 Å². The van der Waals surface area contributed by atoms with Crippen LogP contribution in [0.15, 0.2) is 35.3 Å². The van der Waals surface area contributed by atoms with Crippen LogP contribution in [0.1, 0.15) is 84.0 Å². The average molecular weight is 564 g/mol.